The monoisotopic (exact) mass is 270 g/mol. The predicted octanol–water partition coefficient (Wildman–Crippen LogP) is 4.07. The van der Waals surface area contributed by atoms with Crippen LogP contribution in [0.1, 0.15) is 32.3 Å². The lowest BCUT2D eigenvalue weighted by molar-refractivity contribution is -0.147. The van der Waals surface area contributed by atoms with Crippen LogP contribution >= 0.6 is 0 Å². The van der Waals surface area contributed by atoms with E-state index in [9.17, 15) is 4.79 Å². The molecule has 0 bridgehead atoms. The molecule has 1 aromatic carbocycles. The molecule has 2 unspecified atom stereocenters. The normalized spacial score (nSPS) is 22.0. The third-order valence-electron chi connectivity index (χ3n) is 3.89. The van der Waals surface area contributed by atoms with Gasteiger partial charge in [0.2, 0.25) is 0 Å². The second kappa shape index (κ2) is 6.56. The van der Waals surface area contributed by atoms with E-state index in [2.05, 4.69) is 12.7 Å². The molecule has 0 fully saturated rings. The molecule has 0 aromatic heterocycles. The minimum Gasteiger partial charge on any atom is -0.458 e. The summed E-state index contributed by atoms with van der Waals surface area (Å²) in [6.07, 6.45) is 4.28. The lowest BCUT2D eigenvalue weighted by atomic mass is 9.84. The van der Waals surface area contributed by atoms with Crippen molar-refractivity contribution in [2.45, 2.75) is 39.2 Å². The summed E-state index contributed by atoms with van der Waals surface area (Å²) in [6, 6.07) is 9.71. The largest absolute Gasteiger partial charge is 0.458 e. The van der Waals surface area contributed by atoms with Crippen LogP contribution in [0.3, 0.4) is 0 Å². The van der Waals surface area contributed by atoms with Gasteiger partial charge in [0.1, 0.15) is 6.10 Å². The zero-order valence-corrected chi connectivity index (χ0v) is 12.3. The molecule has 0 N–H and O–H groups in total. The highest BCUT2D eigenvalue weighted by molar-refractivity contribution is 5.73. The first-order valence-corrected chi connectivity index (χ1v) is 7.11. The maximum absolute atomic E-state index is 12.0. The van der Waals surface area contributed by atoms with Crippen molar-refractivity contribution < 1.29 is 9.53 Å². The number of benzene rings is 1. The number of esters is 1. The van der Waals surface area contributed by atoms with Crippen LogP contribution in [-0.4, -0.2) is 12.1 Å². The van der Waals surface area contributed by atoms with Crippen molar-refractivity contribution in [2.24, 2.45) is 5.92 Å². The fourth-order valence-electron chi connectivity index (χ4n) is 2.51. The number of hydrogen-bond acceptors (Lipinski definition) is 2. The van der Waals surface area contributed by atoms with Crippen LogP contribution in [0.5, 0.6) is 0 Å². The molecule has 1 aliphatic carbocycles. The van der Waals surface area contributed by atoms with Crippen molar-refractivity contribution in [3.8, 4) is 0 Å². The zero-order valence-electron chi connectivity index (χ0n) is 12.3. The molecule has 2 heteroatoms. The summed E-state index contributed by atoms with van der Waals surface area (Å²) in [5.74, 6) is 0.268. The summed E-state index contributed by atoms with van der Waals surface area (Å²) in [6.45, 7) is 8.10. The summed E-state index contributed by atoms with van der Waals surface area (Å²) in [5.41, 5.74) is 3.31. The topological polar surface area (TPSA) is 26.3 Å². The summed E-state index contributed by atoms with van der Waals surface area (Å²) in [7, 11) is 0. The van der Waals surface area contributed by atoms with E-state index in [0.29, 0.717) is 12.3 Å². The van der Waals surface area contributed by atoms with Crippen molar-refractivity contribution in [3.63, 3.8) is 0 Å². The van der Waals surface area contributed by atoms with Gasteiger partial charge in [-0.15, -0.1) is 0 Å². The van der Waals surface area contributed by atoms with E-state index in [-0.39, 0.29) is 12.1 Å². The maximum Gasteiger partial charge on any atom is 0.310 e. The van der Waals surface area contributed by atoms with E-state index in [0.717, 1.165) is 29.6 Å². The van der Waals surface area contributed by atoms with Crippen LogP contribution in [0.4, 0.5) is 0 Å². The first-order chi connectivity index (χ1) is 9.56. The van der Waals surface area contributed by atoms with Gasteiger partial charge in [-0.1, -0.05) is 48.6 Å². The van der Waals surface area contributed by atoms with Crippen molar-refractivity contribution in [1.82, 2.24) is 0 Å². The second-order valence-electron chi connectivity index (χ2n) is 5.60. The van der Waals surface area contributed by atoms with Gasteiger partial charge in [-0.05, 0) is 43.7 Å². The number of ether oxygens (including phenoxy) is 1. The fraction of sp³-hybridized carbons (Fsp3) is 0.389. The molecule has 106 valence electrons. The summed E-state index contributed by atoms with van der Waals surface area (Å²) in [4.78, 5) is 12.0. The Labute approximate surface area is 121 Å². The lowest BCUT2D eigenvalue weighted by Gasteiger charge is -2.28. The molecular formula is C18H22O2. The summed E-state index contributed by atoms with van der Waals surface area (Å²) in [5, 5.41) is 0. The smallest absolute Gasteiger partial charge is 0.310 e. The fourth-order valence-corrected chi connectivity index (χ4v) is 2.51. The number of carbonyl (C=O) groups excluding carboxylic acids is 1. The maximum atomic E-state index is 12.0. The summed E-state index contributed by atoms with van der Waals surface area (Å²) < 4.78 is 5.64. The minimum absolute atomic E-state index is 0.0957. The van der Waals surface area contributed by atoms with Gasteiger partial charge in [0, 0.05) is 0 Å². The number of hydrogen-bond donors (Lipinski definition) is 0. The highest BCUT2D eigenvalue weighted by Gasteiger charge is 2.25. The molecule has 0 radical (unpaired) electrons. The van der Waals surface area contributed by atoms with Crippen molar-refractivity contribution >= 4 is 5.97 Å². The lowest BCUT2D eigenvalue weighted by Crippen LogP contribution is -2.26. The highest BCUT2D eigenvalue weighted by Crippen LogP contribution is 2.30. The molecule has 1 aromatic rings. The highest BCUT2D eigenvalue weighted by atomic mass is 16.5. The van der Waals surface area contributed by atoms with Crippen molar-refractivity contribution in [3.05, 3.63) is 59.7 Å². The quantitative estimate of drug-likeness (QED) is 0.609. The van der Waals surface area contributed by atoms with Gasteiger partial charge in [-0.3, -0.25) is 4.79 Å². The number of carbonyl (C=O) groups is 1. The zero-order chi connectivity index (χ0) is 14.5. The summed E-state index contributed by atoms with van der Waals surface area (Å²) >= 11 is 0. The standard InChI is InChI=1S/C18H22O2/c1-13(2)16-10-9-14(3)17(12-16)20-18(19)11-15-7-5-4-6-8-15/h4-9,16-17H,1,10-12H2,2-3H3. The Morgan fingerprint density at radius 2 is 2.05 bits per heavy atom. The van der Waals surface area contributed by atoms with E-state index in [1.54, 1.807) is 0 Å². The third kappa shape index (κ3) is 3.83. The molecule has 2 atom stereocenters. The van der Waals surface area contributed by atoms with Crippen LogP contribution in [0.2, 0.25) is 0 Å². The van der Waals surface area contributed by atoms with Crippen LogP contribution in [-0.2, 0) is 16.0 Å². The van der Waals surface area contributed by atoms with E-state index >= 15 is 0 Å². The van der Waals surface area contributed by atoms with Crippen LogP contribution in [0, 0.1) is 5.92 Å². The Balaban J connectivity index is 1.95. The van der Waals surface area contributed by atoms with Gasteiger partial charge in [0.15, 0.2) is 0 Å². The van der Waals surface area contributed by atoms with Gasteiger partial charge in [-0.25, -0.2) is 0 Å². The Bertz CT molecular complexity index is 513. The molecule has 0 spiro atoms. The van der Waals surface area contributed by atoms with E-state index < -0.39 is 0 Å². The average molecular weight is 270 g/mol. The van der Waals surface area contributed by atoms with Gasteiger partial charge < -0.3 is 4.74 Å². The molecule has 0 aliphatic heterocycles. The molecule has 0 amide bonds. The molecule has 2 rings (SSSR count). The molecule has 0 saturated carbocycles. The van der Waals surface area contributed by atoms with Crippen molar-refractivity contribution in [2.75, 3.05) is 0 Å². The molecule has 20 heavy (non-hydrogen) atoms. The van der Waals surface area contributed by atoms with Crippen LogP contribution < -0.4 is 0 Å². The van der Waals surface area contributed by atoms with Crippen molar-refractivity contribution in [1.29, 1.82) is 0 Å². The molecule has 2 nitrogen and oxygen atoms in total. The van der Waals surface area contributed by atoms with Gasteiger partial charge in [0.05, 0.1) is 6.42 Å². The van der Waals surface area contributed by atoms with E-state index in [4.69, 9.17) is 4.74 Å². The average Bonchev–Trinajstić information content (AvgIpc) is 2.42. The molecule has 0 saturated heterocycles. The Morgan fingerprint density at radius 1 is 1.35 bits per heavy atom. The number of allylic oxidation sites excluding steroid dienone is 2. The molecule has 0 heterocycles. The van der Waals surface area contributed by atoms with Gasteiger partial charge in [-0.2, -0.15) is 0 Å². The first-order valence-electron chi connectivity index (χ1n) is 7.11. The number of rotatable bonds is 4. The molecule has 1 aliphatic rings. The Kier molecular flexibility index (Phi) is 4.78. The van der Waals surface area contributed by atoms with Crippen LogP contribution in [0.15, 0.2) is 54.1 Å². The SMILES string of the molecule is C=C(C)C1CC=C(C)C(OC(=O)Cc2ccccc2)C1. The van der Waals surface area contributed by atoms with Gasteiger partial charge in [0.25, 0.3) is 0 Å². The van der Waals surface area contributed by atoms with E-state index in [1.165, 1.54) is 0 Å². The third-order valence-corrected chi connectivity index (χ3v) is 3.89. The molecular weight excluding hydrogens is 248 g/mol. The first kappa shape index (κ1) is 14.6. The van der Waals surface area contributed by atoms with E-state index in [1.807, 2.05) is 44.2 Å². The Morgan fingerprint density at radius 3 is 2.70 bits per heavy atom. The van der Waals surface area contributed by atoms with Crippen LogP contribution in [0.25, 0.3) is 0 Å². The second-order valence-corrected chi connectivity index (χ2v) is 5.60. The predicted molar refractivity (Wildman–Crippen MR) is 81.3 cm³/mol. The van der Waals surface area contributed by atoms with Gasteiger partial charge >= 0.3 is 5.97 Å². The Hall–Kier alpha value is -1.83. The minimum atomic E-state index is -0.156.